The summed E-state index contributed by atoms with van der Waals surface area (Å²) in [5.74, 6) is -3.69. The number of hydrogen-bond acceptors (Lipinski definition) is 7. The van der Waals surface area contributed by atoms with Gasteiger partial charge in [0.15, 0.2) is 0 Å². The largest absolute Gasteiger partial charge is 0.495 e. The van der Waals surface area contributed by atoms with Gasteiger partial charge in [0.1, 0.15) is 11.6 Å². The number of aromatic nitrogens is 3. The highest BCUT2D eigenvalue weighted by molar-refractivity contribution is 5.68. The third-order valence-electron chi connectivity index (χ3n) is 6.24. The molecule has 0 aliphatic carbocycles. The Morgan fingerprint density at radius 2 is 1.80 bits per heavy atom. The minimum atomic E-state index is -3.56. The average molecular weight is 554 g/mol. The quantitative estimate of drug-likeness (QED) is 0.251. The number of amides is 1. The lowest BCUT2D eigenvalue weighted by atomic mass is 9.97. The molecule has 0 atom stereocenters. The smallest absolute Gasteiger partial charge is 0.292 e. The number of pyridine rings is 1. The first-order valence-corrected chi connectivity index (χ1v) is 12.5. The summed E-state index contributed by atoms with van der Waals surface area (Å²) in [4.78, 5) is 16.7. The van der Waals surface area contributed by atoms with Crippen LogP contribution in [-0.2, 0) is 22.7 Å². The number of nitrogens with zero attached hydrogens (tertiary/aromatic N) is 4. The number of anilines is 1. The van der Waals surface area contributed by atoms with Crippen molar-refractivity contribution >= 4 is 12.1 Å². The Balaban J connectivity index is 1.68. The van der Waals surface area contributed by atoms with Crippen LogP contribution in [0.15, 0.2) is 59.1 Å². The summed E-state index contributed by atoms with van der Waals surface area (Å²) in [6, 6.07) is 13.2. The highest BCUT2D eigenvalue weighted by Gasteiger charge is 2.36. The Labute approximate surface area is 230 Å². The summed E-state index contributed by atoms with van der Waals surface area (Å²) in [5.41, 5.74) is 1.32. The molecule has 0 radical (unpaired) electrons. The molecule has 2 heterocycles. The zero-order valence-electron chi connectivity index (χ0n) is 22.8. The Kier molecular flexibility index (Phi) is 8.13. The Bertz CT molecular complexity index is 1470. The molecule has 210 valence electrons. The number of benzene rings is 2. The van der Waals surface area contributed by atoms with E-state index in [1.54, 1.807) is 25.3 Å². The van der Waals surface area contributed by atoms with Gasteiger partial charge >= 0.3 is 0 Å². The van der Waals surface area contributed by atoms with Crippen molar-refractivity contribution in [3.63, 3.8) is 0 Å². The highest BCUT2D eigenvalue weighted by atomic mass is 19.3. The zero-order valence-corrected chi connectivity index (χ0v) is 22.8. The molecule has 1 N–H and O–H groups in total. The molecule has 0 saturated heterocycles. The van der Waals surface area contributed by atoms with Crippen molar-refractivity contribution in [3.8, 4) is 28.5 Å². The summed E-state index contributed by atoms with van der Waals surface area (Å²) in [7, 11) is 3.19. The maximum Gasteiger partial charge on any atom is 0.292 e. The van der Waals surface area contributed by atoms with E-state index in [0.29, 0.717) is 5.75 Å². The van der Waals surface area contributed by atoms with Crippen LogP contribution in [0.4, 0.5) is 18.9 Å². The van der Waals surface area contributed by atoms with Crippen LogP contribution in [-0.4, -0.2) is 42.3 Å². The van der Waals surface area contributed by atoms with E-state index in [2.05, 4.69) is 15.2 Å². The van der Waals surface area contributed by atoms with Crippen LogP contribution >= 0.6 is 0 Å². The lowest BCUT2D eigenvalue weighted by Gasteiger charge is -2.27. The van der Waals surface area contributed by atoms with Gasteiger partial charge in [-0.25, -0.2) is 4.39 Å². The normalized spacial score (nSPS) is 11.8. The average Bonchev–Trinajstić information content (AvgIpc) is 3.43. The van der Waals surface area contributed by atoms with Gasteiger partial charge in [0, 0.05) is 35.8 Å². The lowest BCUT2D eigenvalue weighted by molar-refractivity contribution is -0.111. The van der Waals surface area contributed by atoms with Crippen molar-refractivity contribution in [1.29, 1.82) is 0 Å². The number of methoxy groups -OCH3 is 1. The molecule has 0 aliphatic rings. The van der Waals surface area contributed by atoms with E-state index in [4.69, 9.17) is 9.15 Å². The van der Waals surface area contributed by atoms with Crippen molar-refractivity contribution < 1.29 is 27.1 Å². The molecule has 1 amide bonds. The Morgan fingerprint density at radius 3 is 2.38 bits per heavy atom. The van der Waals surface area contributed by atoms with Crippen LogP contribution < -0.4 is 15.0 Å². The predicted molar refractivity (Wildman–Crippen MR) is 145 cm³/mol. The molecule has 4 aromatic rings. The molecule has 0 saturated carbocycles. The Morgan fingerprint density at radius 1 is 1.07 bits per heavy atom. The number of rotatable bonds is 10. The van der Waals surface area contributed by atoms with Crippen LogP contribution in [0, 0.1) is 5.82 Å². The molecule has 0 unspecified atom stereocenters. The van der Waals surface area contributed by atoms with Crippen LogP contribution in [0.25, 0.3) is 22.7 Å². The van der Waals surface area contributed by atoms with E-state index in [0.717, 1.165) is 22.9 Å². The summed E-state index contributed by atoms with van der Waals surface area (Å²) in [6.07, 6.45) is 1.80. The predicted octanol–water partition coefficient (Wildman–Crippen LogP) is 5.72. The number of carbonyl (C=O) groups is 1. The highest BCUT2D eigenvalue weighted by Crippen LogP contribution is 2.40. The lowest BCUT2D eigenvalue weighted by Crippen LogP contribution is -2.32. The summed E-state index contributed by atoms with van der Waals surface area (Å²) < 4.78 is 56.4. The molecular weight excluding hydrogens is 523 g/mol. The molecule has 0 aliphatic heterocycles. The number of hydrogen-bond donors (Lipinski definition) is 1. The minimum Gasteiger partial charge on any atom is -0.495 e. The van der Waals surface area contributed by atoms with E-state index in [9.17, 15) is 4.79 Å². The van der Waals surface area contributed by atoms with Gasteiger partial charge in [0.05, 0.1) is 31.1 Å². The van der Waals surface area contributed by atoms with Crippen molar-refractivity contribution in [2.45, 2.75) is 38.7 Å². The first kappa shape index (κ1) is 28.6. The van der Waals surface area contributed by atoms with E-state index in [-0.39, 0.29) is 36.0 Å². The fraction of sp³-hybridized carbons (Fsp3) is 0.310. The van der Waals surface area contributed by atoms with E-state index in [1.807, 2.05) is 62.5 Å². The number of halogens is 3. The van der Waals surface area contributed by atoms with Crippen molar-refractivity contribution in [2.75, 3.05) is 25.6 Å². The molecule has 0 spiro atoms. The van der Waals surface area contributed by atoms with Crippen LogP contribution in [0.3, 0.4) is 0 Å². The minimum absolute atomic E-state index is 0.0468. The first-order chi connectivity index (χ1) is 18.9. The SMILES string of the molecule is COc1ccc(-c2ccc(CN(C)c3cc(-c4nnc(C(C)(C)C)o4)c(F)cc3C(F)(F)CNC=O)cc2)nc1. The van der Waals surface area contributed by atoms with Gasteiger partial charge in [-0.1, -0.05) is 45.0 Å². The van der Waals surface area contributed by atoms with Gasteiger partial charge in [-0.3, -0.25) is 9.78 Å². The van der Waals surface area contributed by atoms with Crippen LogP contribution in [0.5, 0.6) is 5.75 Å². The van der Waals surface area contributed by atoms with Gasteiger partial charge in [-0.05, 0) is 29.8 Å². The summed E-state index contributed by atoms with van der Waals surface area (Å²) in [6.45, 7) is 4.82. The second-order valence-electron chi connectivity index (χ2n) is 10.4. The molecule has 0 fully saturated rings. The summed E-state index contributed by atoms with van der Waals surface area (Å²) >= 11 is 0. The number of ether oxygens (including phenoxy) is 1. The maximum absolute atomic E-state index is 15.2. The monoisotopic (exact) mass is 553 g/mol. The van der Waals surface area contributed by atoms with Crippen molar-refractivity contribution in [1.82, 2.24) is 20.5 Å². The molecule has 2 aromatic carbocycles. The second kappa shape index (κ2) is 11.4. The molecule has 4 rings (SSSR count). The van der Waals surface area contributed by atoms with E-state index >= 15 is 13.2 Å². The van der Waals surface area contributed by atoms with Crippen LogP contribution in [0.1, 0.15) is 37.8 Å². The molecule has 40 heavy (non-hydrogen) atoms. The molecule has 11 heteroatoms. The molecule has 0 bridgehead atoms. The Hall–Kier alpha value is -4.41. The van der Waals surface area contributed by atoms with Gasteiger partial charge in [0.2, 0.25) is 12.3 Å². The fourth-order valence-electron chi connectivity index (χ4n) is 4.05. The van der Waals surface area contributed by atoms with E-state index < -0.39 is 29.3 Å². The van der Waals surface area contributed by atoms with Crippen molar-refractivity contribution in [3.05, 3.63) is 77.6 Å². The standard InChI is InChI=1S/C29H30F3N5O3/c1-28(2,3)27-36-35-26(40-27)21-12-25(22(13-23(21)30)29(31,32)16-33-17-38)37(4)15-18-6-8-19(9-7-18)24-11-10-20(39-5)14-34-24/h6-14,17H,15-16H2,1-5H3,(H,33,38). The van der Waals surface area contributed by atoms with E-state index in [1.165, 1.54) is 6.07 Å². The topological polar surface area (TPSA) is 93.4 Å². The molecular formula is C29H30F3N5O3. The van der Waals surface area contributed by atoms with Crippen LogP contribution in [0.2, 0.25) is 0 Å². The number of alkyl halides is 2. The number of carbonyl (C=O) groups excluding carboxylic acids is 1. The summed E-state index contributed by atoms with van der Waals surface area (Å²) in [5, 5.41) is 9.94. The van der Waals surface area contributed by atoms with Gasteiger partial charge in [0.25, 0.3) is 11.8 Å². The van der Waals surface area contributed by atoms with Gasteiger partial charge in [-0.15, -0.1) is 10.2 Å². The maximum atomic E-state index is 15.2. The van der Waals surface area contributed by atoms with Gasteiger partial charge in [-0.2, -0.15) is 8.78 Å². The van der Waals surface area contributed by atoms with Gasteiger partial charge < -0.3 is 19.4 Å². The number of nitrogens with one attached hydrogen (secondary N) is 1. The third kappa shape index (κ3) is 6.24. The molecule has 8 nitrogen and oxygen atoms in total. The fourth-order valence-corrected chi connectivity index (χ4v) is 4.05. The zero-order chi connectivity index (χ0) is 29.1. The first-order valence-electron chi connectivity index (χ1n) is 12.5. The van der Waals surface area contributed by atoms with Crippen molar-refractivity contribution in [2.24, 2.45) is 0 Å². The third-order valence-corrected chi connectivity index (χ3v) is 6.24. The second-order valence-corrected chi connectivity index (χ2v) is 10.4. The molecule has 2 aromatic heterocycles.